The summed E-state index contributed by atoms with van der Waals surface area (Å²) in [6.07, 6.45) is 2.06. The second-order valence-electron chi connectivity index (χ2n) is 2.51. The van der Waals surface area contributed by atoms with Crippen LogP contribution < -0.4 is 0 Å². The first-order valence-electron chi connectivity index (χ1n) is 3.60. The van der Waals surface area contributed by atoms with Gasteiger partial charge in [-0.1, -0.05) is 0 Å². The van der Waals surface area contributed by atoms with Crippen LogP contribution in [0.5, 0.6) is 0 Å². The van der Waals surface area contributed by atoms with Gasteiger partial charge in [0.15, 0.2) is 0 Å². The van der Waals surface area contributed by atoms with E-state index in [1.807, 2.05) is 6.07 Å². The minimum absolute atomic E-state index is 0.938. The molecule has 2 nitrogen and oxygen atoms in total. The molecule has 0 spiro atoms. The first-order chi connectivity index (χ1) is 6.24. The number of aromatic amines is 1. The molecule has 1 aromatic heterocycles. The average molecular weight is 322 g/mol. The van der Waals surface area contributed by atoms with Crippen LogP contribution in [-0.4, -0.2) is 16.5 Å². The van der Waals surface area contributed by atoms with E-state index in [2.05, 4.69) is 54.4 Å². The summed E-state index contributed by atoms with van der Waals surface area (Å²) in [4.78, 5) is 1.22. The van der Waals surface area contributed by atoms with E-state index in [0.717, 1.165) is 20.0 Å². The zero-order valence-corrected chi connectivity index (χ0v) is 10.8. The Hall–Kier alpha value is -0.000000000000000111. The van der Waals surface area contributed by atoms with Gasteiger partial charge in [0.05, 0.1) is 0 Å². The standard InChI is InChI=1S/C8H6Br2N2S/c1-13-5-3-2-4(9)7-6(5)8(10)12-11-7/h2-3H,1H3,(H,11,12). The van der Waals surface area contributed by atoms with Gasteiger partial charge in [-0.3, -0.25) is 5.10 Å². The number of rotatable bonds is 1. The highest BCUT2D eigenvalue weighted by atomic mass is 79.9. The third-order valence-corrected chi connectivity index (χ3v) is 3.79. The summed E-state index contributed by atoms with van der Waals surface area (Å²) in [7, 11) is 0. The topological polar surface area (TPSA) is 28.7 Å². The second kappa shape index (κ2) is 3.63. The fourth-order valence-electron chi connectivity index (χ4n) is 1.20. The highest BCUT2D eigenvalue weighted by Gasteiger charge is 2.09. The lowest BCUT2D eigenvalue weighted by Gasteiger charge is -1.99. The van der Waals surface area contributed by atoms with E-state index in [9.17, 15) is 0 Å². The minimum atomic E-state index is 0.938. The largest absolute Gasteiger partial charge is 0.270 e. The molecule has 1 heterocycles. The molecule has 5 heteroatoms. The SMILES string of the molecule is CSc1ccc(Br)c2n[nH]c(Br)c12. The molecule has 1 aromatic carbocycles. The highest BCUT2D eigenvalue weighted by Crippen LogP contribution is 2.34. The van der Waals surface area contributed by atoms with Gasteiger partial charge in [0, 0.05) is 14.8 Å². The van der Waals surface area contributed by atoms with Crippen LogP contribution in [0.1, 0.15) is 0 Å². The van der Waals surface area contributed by atoms with Gasteiger partial charge in [-0.2, -0.15) is 5.10 Å². The van der Waals surface area contributed by atoms with Crippen LogP contribution in [0.4, 0.5) is 0 Å². The smallest absolute Gasteiger partial charge is 0.109 e. The molecule has 0 saturated carbocycles. The maximum atomic E-state index is 4.19. The zero-order valence-electron chi connectivity index (χ0n) is 6.77. The number of nitrogens with zero attached hydrogens (tertiary/aromatic N) is 1. The Bertz CT molecular complexity index is 453. The van der Waals surface area contributed by atoms with E-state index in [1.165, 1.54) is 4.90 Å². The normalized spacial score (nSPS) is 11.0. The summed E-state index contributed by atoms with van der Waals surface area (Å²) >= 11 is 8.62. The molecule has 0 amide bonds. The summed E-state index contributed by atoms with van der Waals surface area (Å²) in [6.45, 7) is 0. The maximum absolute atomic E-state index is 4.19. The van der Waals surface area contributed by atoms with E-state index in [-0.39, 0.29) is 0 Å². The van der Waals surface area contributed by atoms with E-state index >= 15 is 0 Å². The molecule has 0 unspecified atom stereocenters. The predicted octanol–water partition coefficient (Wildman–Crippen LogP) is 3.81. The van der Waals surface area contributed by atoms with Gasteiger partial charge in [-0.15, -0.1) is 11.8 Å². The number of hydrogen-bond acceptors (Lipinski definition) is 2. The number of hydrogen-bond donors (Lipinski definition) is 1. The molecule has 2 aromatic rings. The van der Waals surface area contributed by atoms with Crippen LogP contribution in [0.25, 0.3) is 10.9 Å². The Kier molecular flexibility index (Phi) is 2.67. The molecule has 0 aliphatic rings. The summed E-state index contributed by atoms with van der Waals surface area (Å²) in [5, 5.41) is 8.25. The highest BCUT2D eigenvalue weighted by molar-refractivity contribution is 9.11. The van der Waals surface area contributed by atoms with Crippen LogP contribution in [0.15, 0.2) is 26.1 Å². The molecule has 1 N–H and O–H groups in total. The van der Waals surface area contributed by atoms with Gasteiger partial charge in [-0.05, 0) is 50.2 Å². The molecule has 0 fully saturated rings. The van der Waals surface area contributed by atoms with Gasteiger partial charge < -0.3 is 0 Å². The van der Waals surface area contributed by atoms with Crippen LogP contribution in [0, 0.1) is 0 Å². The Balaban J connectivity index is 2.88. The lowest BCUT2D eigenvalue weighted by Crippen LogP contribution is -1.75. The first-order valence-corrected chi connectivity index (χ1v) is 6.41. The van der Waals surface area contributed by atoms with Gasteiger partial charge >= 0.3 is 0 Å². The predicted molar refractivity (Wildman–Crippen MR) is 63.3 cm³/mol. The van der Waals surface area contributed by atoms with E-state index in [1.54, 1.807) is 11.8 Å². The van der Waals surface area contributed by atoms with Crippen molar-refractivity contribution in [3.63, 3.8) is 0 Å². The number of H-pyrrole nitrogens is 1. The first kappa shape index (κ1) is 9.55. The summed E-state index contributed by atoms with van der Waals surface area (Å²) < 4.78 is 1.95. The lowest BCUT2D eigenvalue weighted by atomic mass is 10.3. The molecule has 0 aliphatic carbocycles. The fraction of sp³-hybridized carbons (Fsp3) is 0.125. The Morgan fingerprint density at radius 3 is 2.85 bits per heavy atom. The lowest BCUT2D eigenvalue weighted by molar-refractivity contribution is 1.09. The van der Waals surface area contributed by atoms with Gasteiger partial charge in [0.2, 0.25) is 0 Å². The van der Waals surface area contributed by atoms with Crippen molar-refractivity contribution in [3.05, 3.63) is 21.2 Å². The zero-order chi connectivity index (χ0) is 9.42. The van der Waals surface area contributed by atoms with Crippen LogP contribution in [-0.2, 0) is 0 Å². The van der Waals surface area contributed by atoms with Crippen molar-refractivity contribution < 1.29 is 0 Å². The number of benzene rings is 1. The fourth-order valence-corrected chi connectivity index (χ4v) is 2.85. The van der Waals surface area contributed by atoms with Gasteiger partial charge in [-0.25, -0.2) is 0 Å². The number of nitrogens with one attached hydrogen (secondary N) is 1. The minimum Gasteiger partial charge on any atom is -0.270 e. The molecule has 0 bridgehead atoms. The Labute approximate surface area is 96.7 Å². The van der Waals surface area contributed by atoms with Crippen LogP contribution >= 0.6 is 43.6 Å². The van der Waals surface area contributed by atoms with Crippen LogP contribution in [0.2, 0.25) is 0 Å². The van der Waals surface area contributed by atoms with Gasteiger partial charge in [0.25, 0.3) is 0 Å². The summed E-state index contributed by atoms with van der Waals surface area (Å²) in [5.41, 5.74) is 0.971. The molecule has 0 saturated heterocycles. The molecule has 0 aliphatic heterocycles. The maximum Gasteiger partial charge on any atom is 0.109 e. The van der Waals surface area contributed by atoms with Crippen molar-refractivity contribution in [2.24, 2.45) is 0 Å². The molecule has 0 atom stereocenters. The number of aromatic nitrogens is 2. The van der Waals surface area contributed by atoms with E-state index in [4.69, 9.17) is 0 Å². The van der Waals surface area contributed by atoms with Crippen molar-refractivity contribution in [3.8, 4) is 0 Å². The molecule has 13 heavy (non-hydrogen) atoms. The van der Waals surface area contributed by atoms with Crippen molar-refractivity contribution in [2.75, 3.05) is 6.26 Å². The Morgan fingerprint density at radius 1 is 1.38 bits per heavy atom. The number of fused-ring (bicyclic) bond motifs is 1. The third-order valence-electron chi connectivity index (χ3n) is 1.80. The van der Waals surface area contributed by atoms with E-state index < -0.39 is 0 Å². The van der Waals surface area contributed by atoms with Crippen molar-refractivity contribution >= 4 is 54.5 Å². The van der Waals surface area contributed by atoms with Crippen molar-refractivity contribution in [1.82, 2.24) is 10.2 Å². The van der Waals surface area contributed by atoms with Crippen LogP contribution in [0.3, 0.4) is 0 Å². The van der Waals surface area contributed by atoms with Gasteiger partial charge in [0.1, 0.15) is 10.1 Å². The molecular weight excluding hydrogens is 316 g/mol. The average Bonchev–Trinajstić information content (AvgIpc) is 2.51. The number of halogens is 2. The van der Waals surface area contributed by atoms with Crippen molar-refractivity contribution in [1.29, 1.82) is 0 Å². The Morgan fingerprint density at radius 2 is 2.15 bits per heavy atom. The molecule has 0 radical (unpaired) electrons. The molecule has 68 valence electrons. The van der Waals surface area contributed by atoms with Crippen molar-refractivity contribution in [2.45, 2.75) is 4.90 Å². The summed E-state index contributed by atoms with van der Waals surface area (Å²) in [6, 6.07) is 4.10. The number of thioether (sulfide) groups is 1. The monoisotopic (exact) mass is 320 g/mol. The third kappa shape index (κ3) is 1.53. The van der Waals surface area contributed by atoms with E-state index in [0.29, 0.717) is 0 Å². The molecular formula is C8H6Br2N2S. The summed E-state index contributed by atoms with van der Waals surface area (Å²) in [5.74, 6) is 0. The molecule has 2 rings (SSSR count). The quantitative estimate of drug-likeness (QED) is 0.809. The second-order valence-corrected chi connectivity index (χ2v) is 5.01.